The molecule has 0 spiro atoms. The Hall–Kier alpha value is -1.51. The van der Waals surface area contributed by atoms with Crippen LogP contribution in [0.4, 0.5) is 5.69 Å². The van der Waals surface area contributed by atoms with Gasteiger partial charge in [-0.25, -0.2) is 13.1 Å². The molecule has 0 aliphatic carbocycles. The third kappa shape index (κ3) is 4.87. The summed E-state index contributed by atoms with van der Waals surface area (Å²) in [6.07, 6.45) is 0.253. The van der Waals surface area contributed by atoms with Gasteiger partial charge in [0.1, 0.15) is 0 Å². The monoisotopic (exact) mass is 302 g/mol. The van der Waals surface area contributed by atoms with Crippen molar-refractivity contribution in [3.63, 3.8) is 0 Å². The lowest BCUT2D eigenvalue weighted by molar-refractivity contribution is -0.385. The van der Waals surface area contributed by atoms with E-state index in [0.29, 0.717) is 0 Å². The number of nitrogens with one attached hydrogen (secondary N) is 1. The maximum atomic E-state index is 12.0. The van der Waals surface area contributed by atoms with Crippen molar-refractivity contribution < 1.29 is 18.4 Å². The van der Waals surface area contributed by atoms with E-state index in [9.17, 15) is 18.5 Å². The van der Waals surface area contributed by atoms with Crippen molar-refractivity contribution in [2.24, 2.45) is 0 Å². The zero-order valence-electron chi connectivity index (χ0n) is 11.4. The number of hydrogen-bond acceptors (Lipinski definition) is 5. The molecule has 0 saturated heterocycles. The molecule has 0 saturated carbocycles. The molecule has 7 nitrogen and oxygen atoms in total. The van der Waals surface area contributed by atoms with Gasteiger partial charge in [0.2, 0.25) is 10.0 Å². The third-order valence-electron chi connectivity index (χ3n) is 2.70. The summed E-state index contributed by atoms with van der Waals surface area (Å²) in [5.41, 5.74) is -0.903. The van der Waals surface area contributed by atoms with Gasteiger partial charge in [-0.1, -0.05) is 18.2 Å². The van der Waals surface area contributed by atoms with Crippen molar-refractivity contribution in [3.05, 3.63) is 39.9 Å². The smallest absolute Gasteiger partial charge is 0.273 e. The molecule has 0 unspecified atom stereocenters. The number of aliphatic hydroxyl groups excluding tert-OH is 1. The number of aliphatic hydroxyl groups is 1. The minimum atomic E-state index is -3.74. The van der Waals surface area contributed by atoms with Gasteiger partial charge in [-0.05, 0) is 20.3 Å². The zero-order valence-corrected chi connectivity index (χ0v) is 12.2. The van der Waals surface area contributed by atoms with Crippen molar-refractivity contribution in [3.8, 4) is 0 Å². The number of nitrogens with zero attached hydrogens (tertiary/aromatic N) is 1. The van der Waals surface area contributed by atoms with Gasteiger partial charge in [0.15, 0.2) is 0 Å². The molecule has 1 rings (SSSR count). The summed E-state index contributed by atoms with van der Waals surface area (Å²) in [5.74, 6) is -0.473. The van der Waals surface area contributed by atoms with E-state index in [2.05, 4.69) is 4.72 Å². The summed E-state index contributed by atoms with van der Waals surface area (Å²) < 4.78 is 26.5. The second-order valence-corrected chi connectivity index (χ2v) is 6.83. The SMILES string of the molecule is CC(C)(CCO)NS(=O)(=O)Cc1ccccc1[N+](=O)[O-]. The molecule has 0 aliphatic heterocycles. The lowest BCUT2D eigenvalue weighted by Crippen LogP contribution is -2.44. The van der Waals surface area contributed by atoms with Crippen LogP contribution in [0, 0.1) is 10.1 Å². The Morgan fingerprint density at radius 3 is 2.50 bits per heavy atom. The molecule has 112 valence electrons. The van der Waals surface area contributed by atoms with Gasteiger partial charge in [-0.15, -0.1) is 0 Å². The highest BCUT2D eigenvalue weighted by molar-refractivity contribution is 7.88. The number of benzene rings is 1. The number of sulfonamides is 1. The van der Waals surface area contributed by atoms with Gasteiger partial charge < -0.3 is 5.11 Å². The van der Waals surface area contributed by atoms with E-state index < -0.39 is 26.2 Å². The van der Waals surface area contributed by atoms with E-state index >= 15 is 0 Å². The van der Waals surface area contributed by atoms with E-state index in [1.54, 1.807) is 19.9 Å². The first kappa shape index (κ1) is 16.5. The Bertz CT molecular complexity index is 583. The molecule has 0 atom stereocenters. The first-order chi connectivity index (χ1) is 9.17. The number of para-hydroxylation sites is 1. The molecule has 0 radical (unpaired) electrons. The van der Waals surface area contributed by atoms with E-state index in [4.69, 9.17) is 5.11 Å². The summed E-state index contributed by atoms with van der Waals surface area (Å²) >= 11 is 0. The molecule has 8 heteroatoms. The van der Waals surface area contributed by atoms with Crippen LogP contribution >= 0.6 is 0 Å². The average Bonchev–Trinajstić information content (AvgIpc) is 2.26. The summed E-state index contributed by atoms with van der Waals surface area (Å²) in [7, 11) is -3.74. The standard InChI is InChI=1S/C12H18N2O5S/c1-12(2,7-8-15)13-20(18,19)9-10-5-3-4-6-11(10)14(16)17/h3-6,13,15H,7-9H2,1-2H3. The summed E-state index contributed by atoms with van der Waals surface area (Å²) in [6, 6.07) is 5.72. The number of hydrogen-bond donors (Lipinski definition) is 2. The predicted octanol–water partition coefficient (Wildman–Crippen LogP) is 1.18. The topological polar surface area (TPSA) is 110 Å². The Morgan fingerprint density at radius 2 is 1.95 bits per heavy atom. The van der Waals surface area contributed by atoms with Crippen molar-refractivity contribution in [1.82, 2.24) is 4.72 Å². The Morgan fingerprint density at radius 1 is 1.35 bits per heavy atom. The number of rotatable bonds is 7. The molecule has 1 aromatic rings. The first-order valence-corrected chi connectivity index (χ1v) is 7.67. The largest absolute Gasteiger partial charge is 0.396 e. The molecular weight excluding hydrogens is 284 g/mol. The van der Waals surface area contributed by atoms with Crippen LogP contribution in [-0.2, 0) is 15.8 Å². The van der Waals surface area contributed by atoms with Crippen LogP contribution in [0.5, 0.6) is 0 Å². The Labute approximate surface area is 117 Å². The van der Waals surface area contributed by atoms with Crippen molar-refractivity contribution in [1.29, 1.82) is 0 Å². The fraction of sp³-hybridized carbons (Fsp3) is 0.500. The molecular formula is C12H18N2O5S. The third-order valence-corrected chi connectivity index (χ3v) is 4.26. The molecule has 0 heterocycles. The van der Waals surface area contributed by atoms with E-state index in [1.807, 2.05) is 0 Å². The predicted molar refractivity (Wildman–Crippen MR) is 74.6 cm³/mol. The van der Waals surface area contributed by atoms with Gasteiger partial charge in [-0.2, -0.15) is 0 Å². The second kappa shape index (κ2) is 6.29. The highest BCUT2D eigenvalue weighted by atomic mass is 32.2. The minimum Gasteiger partial charge on any atom is -0.396 e. The highest BCUT2D eigenvalue weighted by Crippen LogP contribution is 2.21. The lowest BCUT2D eigenvalue weighted by atomic mass is 10.0. The van der Waals surface area contributed by atoms with Crippen LogP contribution in [0.2, 0.25) is 0 Å². The first-order valence-electron chi connectivity index (χ1n) is 6.02. The van der Waals surface area contributed by atoms with Gasteiger partial charge >= 0.3 is 0 Å². The van der Waals surface area contributed by atoms with Crippen molar-refractivity contribution in [2.45, 2.75) is 31.6 Å². The molecule has 0 bridgehead atoms. The normalized spacial score (nSPS) is 12.3. The van der Waals surface area contributed by atoms with Crippen LogP contribution in [0.15, 0.2) is 24.3 Å². The van der Waals surface area contributed by atoms with Crippen LogP contribution in [-0.4, -0.2) is 30.6 Å². The highest BCUT2D eigenvalue weighted by Gasteiger charge is 2.26. The number of nitro benzene ring substituents is 1. The fourth-order valence-corrected chi connectivity index (χ4v) is 3.47. The zero-order chi connectivity index (χ0) is 15.4. The maximum Gasteiger partial charge on any atom is 0.273 e. The summed E-state index contributed by atoms with van der Waals surface area (Å²) in [4.78, 5) is 10.2. The van der Waals surface area contributed by atoms with Crippen LogP contribution < -0.4 is 4.72 Å². The molecule has 1 aromatic carbocycles. The Kier molecular flexibility index (Phi) is 5.21. The fourth-order valence-electron chi connectivity index (χ4n) is 1.80. The van der Waals surface area contributed by atoms with Gasteiger partial charge in [0.05, 0.1) is 10.7 Å². The molecule has 2 N–H and O–H groups in total. The molecule has 0 aliphatic rings. The molecule has 0 amide bonds. The summed E-state index contributed by atoms with van der Waals surface area (Å²) in [6.45, 7) is 3.13. The van der Waals surface area contributed by atoms with E-state index in [0.717, 1.165) is 0 Å². The van der Waals surface area contributed by atoms with Crippen LogP contribution in [0.25, 0.3) is 0 Å². The molecule has 0 aromatic heterocycles. The van der Waals surface area contributed by atoms with Crippen molar-refractivity contribution >= 4 is 15.7 Å². The van der Waals surface area contributed by atoms with Crippen LogP contribution in [0.3, 0.4) is 0 Å². The minimum absolute atomic E-state index is 0.129. The van der Waals surface area contributed by atoms with E-state index in [-0.39, 0.29) is 24.3 Å². The van der Waals surface area contributed by atoms with Gasteiger partial charge in [0, 0.05) is 23.8 Å². The van der Waals surface area contributed by atoms with Gasteiger partial charge in [-0.3, -0.25) is 10.1 Å². The van der Waals surface area contributed by atoms with Crippen LogP contribution in [0.1, 0.15) is 25.8 Å². The van der Waals surface area contributed by atoms with Crippen molar-refractivity contribution in [2.75, 3.05) is 6.61 Å². The summed E-state index contributed by atoms with van der Waals surface area (Å²) in [5, 5.41) is 19.7. The molecule has 20 heavy (non-hydrogen) atoms. The molecule has 0 fully saturated rings. The van der Waals surface area contributed by atoms with Gasteiger partial charge in [0.25, 0.3) is 5.69 Å². The second-order valence-electron chi connectivity index (χ2n) is 5.10. The van der Waals surface area contributed by atoms with E-state index in [1.165, 1.54) is 18.2 Å². The maximum absolute atomic E-state index is 12.0. The quantitative estimate of drug-likeness (QED) is 0.580. The Balaban J connectivity index is 2.95. The lowest BCUT2D eigenvalue weighted by Gasteiger charge is -2.24. The average molecular weight is 302 g/mol. The number of nitro groups is 1.